The van der Waals surface area contributed by atoms with E-state index < -0.39 is 41.8 Å². The zero-order valence-electron chi connectivity index (χ0n) is 48.6. The van der Waals surface area contributed by atoms with Crippen molar-refractivity contribution in [2.24, 2.45) is 5.92 Å². The quantitative estimate of drug-likeness (QED) is 0.0546. The number of likely N-dealkylation sites (tertiary alicyclic amines) is 1. The molecule has 434 valence electrons. The third kappa shape index (κ3) is 14.6. The van der Waals surface area contributed by atoms with Crippen molar-refractivity contribution in [1.29, 1.82) is 0 Å². The van der Waals surface area contributed by atoms with Crippen molar-refractivity contribution in [1.82, 2.24) is 45.2 Å². The molecular formula is C64H86N10O7. The molecule has 0 unspecified atom stereocenters. The van der Waals surface area contributed by atoms with Crippen LogP contribution in [0.5, 0.6) is 0 Å². The number of piperazine rings is 1. The summed E-state index contributed by atoms with van der Waals surface area (Å²) in [5, 5.41) is 24.2. The molecule has 2 aromatic heterocycles. The maximum absolute atomic E-state index is 15.1. The van der Waals surface area contributed by atoms with Gasteiger partial charge in [0.05, 0.1) is 24.0 Å². The highest BCUT2D eigenvalue weighted by molar-refractivity contribution is 5.95. The second-order valence-electron chi connectivity index (χ2n) is 24.0. The van der Waals surface area contributed by atoms with Gasteiger partial charge in [-0.05, 0) is 121 Å². The predicted molar refractivity (Wildman–Crippen MR) is 315 cm³/mol. The second kappa shape index (κ2) is 26.8. The summed E-state index contributed by atoms with van der Waals surface area (Å²) in [7, 11) is 1.51. The third-order valence-corrected chi connectivity index (χ3v) is 17.0. The second-order valence-corrected chi connectivity index (χ2v) is 24.0. The number of aryl methyl sites for hydroxylation is 3. The summed E-state index contributed by atoms with van der Waals surface area (Å²) < 4.78 is 7.56. The molecular weight excluding hydrogens is 1020 g/mol. The molecule has 2 aliphatic carbocycles. The van der Waals surface area contributed by atoms with Gasteiger partial charge in [0.15, 0.2) is 5.65 Å². The van der Waals surface area contributed by atoms with Crippen LogP contribution in [0.4, 0.5) is 10.6 Å². The smallest absolute Gasteiger partial charge is 0.410 e. The van der Waals surface area contributed by atoms with Gasteiger partial charge in [-0.3, -0.25) is 29.0 Å². The summed E-state index contributed by atoms with van der Waals surface area (Å²) in [6, 6.07) is 25.9. The number of fused-ring (bicyclic) bond motifs is 2. The van der Waals surface area contributed by atoms with Crippen LogP contribution in [0.25, 0.3) is 28.0 Å². The van der Waals surface area contributed by atoms with Gasteiger partial charge in [0.2, 0.25) is 23.6 Å². The molecule has 17 heteroatoms. The first-order chi connectivity index (χ1) is 39.0. The number of likely N-dealkylation sites (N-methyl/N-ethyl adjacent to an activating group) is 1. The number of nitrogens with one attached hydrogen (secondary N) is 3. The van der Waals surface area contributed by atoms with Crippen LogP contribution in [0.2, 0.25) is 0 Å². The first-order valence-corrected chi connectivity index (χ1v) is 29.9. The number of carbonyl (C=O) groups excluding carboxylic acids is 5. The van der Waals surface area contributed by atoms with E-state index in [4.69, 9.17) is 14.8 Å². The number of rotatable bonds is 20. The average Bonchev–Trinajstić information content (AvgIpc) is 4.01. The maximum atomic E-state index is 15.1. The minimum Gasteiger partial charge on any atom is -0.444 e. The Morgan fingerprint density at radius 2 is 1.56 bits per heavy atom. The van der Waals surface area contributed by atoms with Crippen molar-refractivity contribution in [3.05, 3.63) is 107 Å². The lowest BCUT2D eigenvalue weighted by molar-refractivity contribution is -0.143. The molecule has 81 heavy (non-hydrogen) atoms. The van der Waals surface area contributed by atoms with Gasteiger partial charge in [0, 0.05) is 76.0 Å². The van der Waals surface area contributed by atoms with E-state index in [1.54, 1.807) is 32.6 Å². The lowest BCUT2D eigenvalue weighted by Gasteiger charge is -2.36. The summed E-state index contributed by atoms with van der Waals surface area (Å²) in [6.07, 6.45) is 11.3. The number of unbranched alkanes of at least 4 members (excludes halogenated alkanes) is 3. The molecule has 0 radical (unpaired) electrons. The Morgan fingerprint density at radius 1 is 0.827 bits per heavy atom. The Hall–Kier alpha value is -6.85. The molecule has 4 N–H and O–H groups in total. The Labute approximate surface area is 478 Å². The largest absolute Gasteiger partial charge is 0.444 e. The number of nitrogens with zero attached hydrogens (tertiary/aromatic N) is 7. The molecule has 17 nitrogen and oxygen atoms in total. The number of β-amino-alcohol motifs (C(OH)–C–C–N with tert-alkyl or cyclic N) is 1. The molecule has 1 saturated carbocycles. The van der Waals surface area contributed by atoms with E-state index in [-0.39, 0.29) is 49.3 Å². The monoisotopic (exact) mass is 1110 g/mol. The normalized spacial score (nSPS) is 19.6. The zero-order chi connectivity index (χ0) is 57.2. The maximum Gasteiger partial charge on any atom is 0.410 e. The molecule has 2 aliphatic heterocycles. The average molecular weight is 1110 g/mol. The minimum absolute atomic E-state index is 0.113. The van der Waals surface area contributed by atoms with Gasteiger partial charge in [0.1, 0.15) is 29.5 Å². The van der Waals surface area contributed by atoms with Crippen LogP contribution < -0.4 is 20.9 Å². The van der Waals surface area contributed by atoms with Crippen LogP contribution in [0.1, 0.15) is 140 Å². The standard InChI is InChI=1S/C64H86N10O7/c1-43-57(59-66-53(47-24-12-9-13-25-47)41-56(74(59)69-43)72-35-33-71(34-36-72)37-38-75)49-29-19-22-45(39-49)21-11-7-8-16-32-55(76)65-50-40-54(61(78)67-52-31-20-28-46-23-17-18-30-51(46)52)73(42-50)62(79)58(48-26-14-10-15-27-48)68-60(77)44(2)70(6)63(80)81-64(3,4)5/h9,12-13,17-19,22-25,29-30,39,41,44,48,50,52,54,58,75H,7-8,10-11,14-16,20-21,26-28,31-38,40,42H2,1-6H3,(H,65,76)(H,67,78)(H,68,77)/t44-,50-,52+,54-,58-/m0/s1. The first-order valence-electron chi connectivity index (χ1n) is 29.9. The molecule has 4 aliphatic rings. The van der Waals surface area contributed by atoms with E-state index in [1.807, 2.05) is 34.8 Å². The van der Waals surface area contributed by atoms with Crippen LogP contribution in [0.3, 0.4) is 0 Å². The summed E-state index contributed by atoms with van der Waals surface area (Å²) in [5.41, 5.74) is 8.53. The summed E-state index contributed by atoms with van der Waals surface area (Å²) in [6.45, 7) is 13.3. The van der Waals surface area contributed by atoms with Crippen LogP contribution in [-0.4, -0.2) is 147 Å². The van der Waals surface area contributed by atoms with Gasteiger partial charge in [-0.25, -0.2) is 9.78 Å². The number of aromatic nitrogens is 3. The predicted octanol–water partition coefficient (Wildman–Crippen LogP) is 8.58. The summed E-state index contributed by atoms with van der Waals surface area (Å²) in [4.78, 5) is 83.2. The van der Waals surface area contributed by atoms with Gasteiger partial charge in [-0.15, -0.1) is 0 Å². The van der Waals surface area contributed by atoms with Crippen LogP contribution in [0, 0.1) is 12.8 Å². The topological polar surface area (TPSA) is 194 Å². The van der Waals surface area contributed by atoms with E-state index in [0.717, 1.165) is 148 Å². The van der Waals surface area contributed by atoms with Crippen LogP contribution >= 0.6 is 0 Å². The fraction of sp³-hybridized carbons (Fsp3) is 0.547. The highest BCUT2D eigenvalue weighted by Gasteiger charge is 2.45. The van der Waals surface area contributed by atoms with Gasteiger partial charge in [0.25, 0.3) is 0 Å². The molecule has 3 aromatic carbocycles. The van der Waals surface area contributed by atoms with E-state index in [9.17, 15) is 24.3 Å². The molecule has 0 spiro atoms. The van der Waals surface area contributed by atoms with Crippen molar-refractivity contribution in [2.75, 3.05) is 57.8 Å². The number of anilines is 1. The minimum atomic E-state index is -0.932. The molecule has 9 rings (SSSR count). The van der Waals surface area contributed by atoms with Gasteiger partial charge >= 0.3 is 6.09 Å². The van der Waals surface area contributed by atoms with Gasteiger partial charge in [-0.1, -0.05) is 111 Å². The van der Waals surface area contributed by atoms with Gasteiger partial charge in [-0.2, -0.15) is 9.61 Å². The molecule has 5 atom stereocenters. The number of carbonyl (C=O) groups is 5. The van der Waals surface area contributed by atoms with E-state index in [2.05, 4.69) is 87.3 Å². The van der Waals surface area contributed by atoms with E-state index >= 15 is 4.79 Å². The number of ether oxygens (including phenoxy) is 1. The Bertz CT molecular complexity index is 2980. The SMILES string of the molecule is Cc1nn2c(N3CCN(CCO)CC3)cc(-c3ccccc3)nc2c1-c1cccc(CCCCCCC(=O)N[C@H]2C[C@@H](C(=O)N[C@@H]3CCCc4ccccc43)N(C(=O)[C@@H](NC(=O)[C@H](C)N(C)C(=O)OC(C)(C)C)C3CCCCC3)C2)c1. The third-order valence-electron chi connectivity index (χ3n) is 17.0. The highest BCUT2D eigenvalue weighted by Crippen LogP contribution is 2.36. The Kier molecular flexibility index (Phi) is 19.5. The van der Waals surface area contributed by atoms with E-state index in [1.165, 1.54) is 23.1 Å². The molecule has 0 bridgehead atoms. The fourth-order valence-corrected chi connectivity index (χ4v) is 12.5. The van der Waals surface area contributed by atoms with Gasteiger partial charge < -0.3 is 35.6 Å². The molecule has 4 heterocycles. The summed E-state index contributed by atoms with van der Waals surface area (Å²) in [5.74, 6) is -0.345. The number of hydrogen-bond acceptors (Lipinski definition) is 11. The number of benzene rings is 3. The zero-order valence-corrected chi connectivity index (χ0v) is 48.6. The highest BCUT2D eigenvalue weighted by atomic mass is 16.6. The first kappa shape index (κ1) is 58.8. The van der Waals surface area contributed by atoms with E-state index in [0.29, 0.717) is 19.4 Å². The van der Waals surface area contributed by atoms with Crippen molar-refractivity contribution in [3.8, 4) is 22.4 Å². The van der Waals surface area contributed by atoms with Crippen LogP contribution in [-0.2, 0) is 36.8 Å². The Balaban J connectivity index is 0.831. The fourth-order valence-electron chi connectivity index (χ4n) is 12.5. The molecule has 2 saturated heterocycles. The van der Waals surface area contributed by atoms with Crippen LogP contribution in [0.15, 0.2) is 84.9 Å². The number of amides is 5. The molecule has 3 fully saturated rings. The van der Waals surface area contributed by atoms with Crippen molar-refractivity contribution < 1.29 is 33.8 Å². The molecule has 5 aromatic rings. The number of hydrogen-bond donors (Lipinski definition) is 4. The number of aliphatic hydroxyl groups is 1. The lowest BCUT2D eigenvalue weighted by atomic mass is 9.83. The Morgan fingerprint density at radius 3 is 2.31 bits per heavy atom. The summed E-state index contributed by atoms with van der Waals surface area (Å²) >= 11 is 0. The van der Waals surface area contributed by atoms with Crippen molar-refractivity contribution in [2.45, 2.75) is 167 Å². The lowest BCUT2D eigenvalue weighted by Crippen LogP contribution is -2.59. The van der Waals surface area contributed by atoms with Crippen molar-refractivity contribution >= 4 is 41.2 Å². The number of aliphatic hydroxyl groups excluding tert-OH is 1. The molecule has 5 amide bonds. The van der Waals surface area contributed by atoms with Crippen molar-refractivity contribution in [3.63, 3.8) is 0 Å².